The van der Waals surface area contributed by atoms with Gasteiger partial charge in [0.1, 0.15) is 5.75 Å². The van der Waals surface area contributed by atoms with Crippen molar-refractivity contribution in [2.24, 2.45) is 5.92 Å². The number of nitrogens with zero attached hydrogens (tertiary/aromatic N) is 1. The molecule has 104 valence electrons. The first-order valence-corrected chi connectivity index (χ1v) is 7.02. The summed E-state index contributed by atoms with van der Waals surface area (Å²) in [4.78, 5) is 14.7. The zero-order valence-electron chi connectivity index (χ0n) is 12.1. The molecule has 19 heavy (non-hydrogen) atoms. The molecule has 1 saturated heterocycles. The van der Waals surface area contributed by atoms with Crippen LogP contribution < -0.4 is 4.74 Å². The van der Waals surface area contributed by atoms with Crippen molar-refractivity contribution in [3.63, 3.8) is 0 Å². The van der Waals surface area contributed by atoms with Crippen molar-refractivity contribution < 1.29 is 9.53 Å². The van der Waals surface area contributed by atoms with Crippen LogP contribution in [0.15, 0.2) is 24.3 Å². The Morgan fingerprint density at radius 3 is 2.79 bits per heavy atom. The van der Waals surface area contributed by atoms with Crippen molar-refractivity contribution in [1.82, 2.24) is 4.90 Å². The maximum atomic E-state index is 12.4. The standard InChI is InChI=1S/C16H23NO2/c1-12-8-9-13(2)17(10-12)11-15(18)14-6-4-5-7-16(14)19-3/h4-7,12-13H,8-11H2,1-3H3. The third kappa shape index (κ3) is 3.35. The van der Waals surface area contributed by atoms with Gasteiger partial charge in [0.15, 0.2) is 5.78 Å². The van der Waals surface area contributed by atoms with Crippen LogP contribution in [-0.4, -0.2) is 36.9 Å². The Bertz CT molecular complexity index is 444. The second-order valence-corrected chi connectivity index (χ2v) is 5.58. The number of methoxy groups -OCH3 is 1. The van der Waals surface area contributed by atoms with Crippen molar-refractivity contribution in [2.75, 3.05) is 20.2 Å². The van der Waals surface area contributed by atoms with Gasteiger partial charge in [-0.3, -0.25) is 9.69 Å². The van der Waals surface area contributed by atoms with Gasteiger partial charge in [0.25, 0.3) is 0 Å². The van der Waals surface area contributed by atoms with Gasteiger partial charge in [-0.15, -0.1) is 0 Å². The maximum absolute atomic E-state index is 12.4. The van der Waals surface area contributed by atoms with Crippen molar-refractivity contribution in [1.29, 1.82) is 0 Å². The van der Waals surface area contributed by atoms with Crippen LogP contribution in [-0.2, 0) is 0 Å². The molecule has 0 bridgehead atoms. The van der Waals surface area contributed by atoms with Crippen LogP contribution in [0.5, 0.6) is 5.75 Å². The third-order valence-corrected chi connectivity index (χ3v) is 4.00. The molecular formula is C16H23NO2. The smallest absolute Gasteiger partial charge is 0.180 e. The molecule has 1 aromatic rings. The number of hydrogen-bond acceptors (Lipinski definition) is 3. The summed E-state index contributed by atoms with van der Waals surface area (Å²) in [6.07, 6.45) is 2.45. The lowest BCUT2D eigenvalue weighted by molar-refractivity contribution is 0.0802. The van der Waals surface area contributed by atoms with E-state index in [9.17, 15) is 4.79 Å². The number of para-hydroxylation sites is 1. The molecule has 2 unspecified atom stereocenters. The summed E-state index contributed by atoms with van der Waals surface area (Å²) in [5.74, 6) is 1.50. The molecular weight excluding hydrogens is 238 g/mol. The van der Waals surface area contributed by atoms with E-state index in [1.54, 1.807) is 7.11 Å². The minimum absolute atomic E-state index is 0.151. The number of benzene rings is 1. The predicted octanol–water partition coefficient (Wildman–Crippen LogP) is 3.00. The highest BCUT2D eigenvalue weighted by Gasteiger charge is 2.25. The normalized spacial score (nSPS) is 24.2. The fourth-order valence-electron chi connectivity index (χ4n) is 2.74. The van der Waals surface area contributed by atoms with Crippen molar-refractivity contribution in [3.05, 3.63) is 29.8 Å². The maximum Gasteiger partial charge on any atom is 0.180 e. The number of carbonyl (C=O) groups excluding carboxylic acids is 1. The van der Waals surface area contributed by atoms with Crippen LogP contribution >= 0.6 is 0 Å². The van der Waals surface area contributed by atoms with Gasteiger partial charge in [-0.25, -0.2) is 0 Å². The van der Waals surface area contributed by atoms with E-state index >= 15 is 0 Å². The molecule has 2 atom stereocenters. The number of piperidine rings is 1. The number of hydrogen-bond donors (Lipinski definition) is 0. The monoisotopic (exact) mass is 261 g/mol. The van der Waals surface area contributed by atoms with Crippen LogP contribution in [0.4, 0.5) is 0 Å². The van der Waals surface area contributed by atoms with E-state index in [4.69, 9.17) is 4.74 Å². The fourth-order valence-corrected chi connectivity index (χ4v) is 2.74. The Morgan fingerprint density at radius 2 is 2.05 bits per heavy atom. The van der Waals surface area contributed by atoms with E-state index in [-0.39, 0.29) is 5.78 Å². The molecule has 1 aromatic carbocycles. The summed E-state index contributed by atoms with van der Waals surface area (Å²) >= 11 is 0. The molecule has 1 fully saturated rings. The average molecular weight is 261 g/mol. The molecule has 1 aliphatic heterocycles. The van der Waals surface area contributed by atoms with Gasteiger partial charge >= 0.3 is 0 Å². The van der Waals surface area contributed by atoms with Gasteiger partial charge in [0, 0.05) is 12.6 Å². The number of ketones is 1. The molecule has 0 saturated carbocycles. The number of carbonyl (C=O) groups is 1. The van der Waals surface area contributed by atoms with Crippen molar-refractivity contribution in [3.8, 4) is 5.75 Å². The van der Waals surface area contributed by atoms with Crippen LogP contribution in [0.1, 0.15) is 37.0 Å². The molecule has 0 aromatic heterocycles. The molecule has 0 aliphatic carbocycles. The molecule has 1 heterocycles. The van der Waals surface area contributed by atoms with Gasteiger partial charge in [0.05, 0.1) is 19.2 Å². The third-order valence-electron chi connectivity index (χ3n) is 4.00. The Labute approximate surface area is 115 Å². The number of Topliss-reactive ketones (excluding diaryl/α,β-unsaturated/α-hetero) is 1. The summed E-state index contributed by atoms with van der Waals surface area (Å²) in [7, 11) is 1.61. The van der Waals surface area contributed by atoms with Crippen molar-refractivity contribution >= 4 is 5.78 Å². The molecule has 3 heteroatoms. The van der Waals surface area contributed by atoms with E-state index in [1.807, 2.05) is 24.3 Å². The molecule has 0 spiro atoms. The lowest BCUT2D eigenvalue weighted by Gasteiger charge is -2.36. The Hall–Kier alpha value is -1.35. The number of ether oxygens (including phenoxy) is 1. The lowest BCUT2D eigenvalue weighted by atomic mass is 9.94. The molecule has 0 N–H and O–H groups in total. The first-order chi connectivity index (χ1) is 9.11. The largest absolute Gasteiger partial charge is 0.496 e. The first kappa shape index (κ1) is 14.1. The van der Waals surface area contributed by atoms with Gasteiger partial charge < -0.3 is 4.74 Å². The van der Waals surface area contributed by atoms with Crippen molar-refractivity contribution in [2.45, 2.75) is 32.7 Å². The van der Waals surface area contributed by atoms with Gasteiger partial charge in [0.2, 0.25) is 0 Å². The summed E-state index contributed by atoms with van der Waals surface area (Å²) in [5, 5.41) is 0. The summed E-state index contributed by atoms with van der Waals surface area (Å²) in [6.45, 7) is 5.97. The van der Waals surface area contributed by atoms with Crippen LogP contribution in [0.2, 0.25) is 0 Å². The Morgan fingerprint density at radius 1 is 1.32 bits per heavy atom. The van der Waals surface area contributed by atoms with E-state index in [0.717, 1.165) is 6.54 Å². The van der Waals surface area contributed by atoms with Gasteiger partial charge in [-0.1, -0.05) is 19.1 Å². The van der Waals surface area contributed by atoms with Crippen LogP contribution in [0, 0.1) is 5.92 Å². The van der Waals surface area contributed by atoms with Gasteiger partial charge in [-0.05, 0) is 37.8 Å². The topological polar surface area (TPSA) is 29.5 Å². The Kier molecular flexibility index (Phi) is 4.59. The van der Waals surface area contributed by atoms with E-state index in [1.165, 1.54) is 12.8 Å². The Balaban J connectivity index is 2.08. The molecule has 0 amide bonds. The number of likely N-dealkylation sites (tertiary alicyclic amines) is 1. The summed E-state index contributed by atoms with van der Waals surface area (Å²) in [5.41, 5.74) is 0.690. The van der Waals surface area contributed by atoms with Crippen LogP contribution in [0.25, 0.3) is 0 Å². The second kappa shape index (κ2) is 6.20. The molecule has 2 rings (SSSR count). The van der Waals surface area contributed by atoms with E-state index in [0.29, 0.717) is 29.8 Å². The molecule has 1 aliphatic rings. The SMILES string of the molecule is COc1ccccc1C(=O)CN1CC(C)CCC1C. The highest BCUT2D eigenvalue weighted by molar-refractivity contribution is 6.00. The highest BCUT2D eigenvalue weighted by Crippen LogP contribution is 2.23. The minimum atomic E-state index is 0.151. The zero-order valence-corrected chi connectivity index (χ0v) is 12.1. The molecule has 0 radical (unpaired) electrons. The fraction of sp³-hybridized carbons (Fsp3) is 0.562. The highest BCUT2D eigenvalue weighted by atomic mass is 16.5. The number of rotatable bonds is 4. The minimum Gasteiger partial charge on any atom is -0.496 e. The molecule has 3 nitrogen and oxygen atoms in total. The summed E-state index contributed by atoms with van der Waals surface area (Å²) in [6, 6.07) is 7.96. The summed E-state index contributed by atoms with van der Waals surface area (Å²) < 4.78 is 5.26. The zero-order chi connectivity index (χ0) is 13.8. The van der Waals surface area contributed by atoms with E-state index < -0.39 is 0 Å². The average Bonchev–Trinajstić information content (AvgIpc) is 2.42. The second-order valence-electron chi connectivity index (χ2n) is 5.58. The lowest BCUT2D eigenvalue weighted by Crippen LogP contribution is -2.43. The van der Waals surface area contributed by atoms with Gasteiger partial charge in [-0.2, -0.15) is 0 Å². The first-order valence-electron chi connectivity index (χ1n) is 7.02. The quantitative estimate of drug-likeness (QED) is 0.780. The van der Waals surface area contributed by atoms with Crippen LogP contribution in [0.3, 0.4) is 0 Å². The predicted molar refractivity (Wildman–Crippen MR) is 76.8 cm³/mol. The van der Waals surface area contributed by atoms with E-state index in [2.05, 4.69) is 18.7 Å².